The summed E-state index contributed by atoms with van der Waals surface area (Å²) in [7, 11) is 3.13. The van der Waals surface area contributed by atoms with Gasteiger partial charge in [-0.2, -0.15) is 0 Å². The van der Waals surface area contributed by atoms with Crippen LogP contribution in [-0.2, 0) is 20.7 Å². The first-order valence-electron chi connectivity index (χ1n) is 8.99. The van der Waals surface area contributed by atoms with Crippen LogP contribution in [0.3, 0.4) is 0 Å². The van der Waals surface area contributed by atoms with Gasteiger partial charge in [0.05, 0.1) is 14.2 Å². The summed E-state index contributed by atoms with van der Waals surface area (Å²) in [5, 5.41) is 3.27. The van der Waals surface area contributed by atoms with E-state index in [1.54, 1.807) is 51.5 Å². The molecule has 0 aliphatic rings. The normalized spacial score (nSPS) is 11.3. The van der Waals surface area contributed by atoms with Gasteiger partial charge in [-0.25, -0.2) is 4.79 Å². The zero-order valence-corrected chi connectivity index (χ0v) is 17.3. The van der Waals surface area contributed by atoms with Gasteiger partial charge in [-0.1, -0.05) is 17.7 Å². The van der Waals surface area contributed by atoms with Crippen molar-refractivity contribution >= 4 is 23.5 Å². The third-order valence-corrected chi connectivity index (χ3v) is 4.24. The Labute approximate surface area is 174 Å². The first-order valence-corrected chi connectivity index (χ1v) is 9.37. The van der Waals surface area contributed by atoms with Crippen molar-refractivity contribution in [2.45, 2.75) is 19.4 Å². The molecule has 0 saturated heterocycles. The maximum atomic E-state index is 12.0. The van der Waals surface area contributed by atoms with Crippen molar-refractivity contribution < 1.29 is 28.5 Å². The molecule has 0 saturated carbocycles. The molecule has 0 aliphatic heterocycles. The van der Waals surface area contributed by atoms with Gasteiger partial charge in [-0.05, 0) is 55.3 Å². The van der Waals surface area contributed by atoms with Gasteiger partial charge in [0.15, 0.2) is 24.2 Å². The Morgan fingerprint density at radius 2 is 1.72 bits per heavy atom. The predicted octanol–water partition coefficient (Wildman–Crippen LogP) is 3.03. The number of halogens is 1. The SMILES string of the molecule is COc1ccc(CCNC(=O)COC(=O)[C@@H](C)Oc2ccc(Cl)cc2)cc1OC. The monoisotopic (exact) mass is 421 g/mol. The highest BCUT2D eigenvalue weighted by Gasteiger charge is 2.17. The summed E-state index contributed by atoms with van der Waals surface area (Å²) >= 11 is 5.80. The maximum Gasteiger partial charge on any atom is 0.347 e. The zero-order valence-electron chi connectivity index (χ0n) is 16.6. The minimum absolute atomic E-state index is 0.376. The molecule has 0 radical (unpaired) electrons. The van der Waals surface area contributed by atoms with Crippen LogP contribution in [0.4, 0.5) is 0 Å². The smallest absolute Gasteiger partial charge is 0.347 e. The second kappa shape index (κ2) is 11.2. The van der Waals surface area contributed by atoms with Crippen molar-refractivity contribution in [3.05, 3.63) is 53.1 Å². The van der Waals surface area contributed by atoms with Gasteiger partial charge in [-0.3, -0.25) is 4.79 Å². The van der Waals surface area contributed by atoms with E-state index in [2.05, 4.69) is 5.32 Å². The Balaban J connectivity index is 1.71. The molecule has 156 valence electrons. The average Bonchev–Trinajstić information content (AvgIpc) is 2.73. The minimum Gasteiger partial charge on any atom is -0.493 e. The molecule has 1 N–H and O–H groups in total. The molecule has 0 heterocycles. The molecule has 2 aromatic rings. The lowest BCUT2D eigenvalue weighted by molar-refractivity contribution is -0.154. The molecule has 29 heavy (non-hydrogen) atoms. The van der Waals surface area contributed by atoms with Crippen molar-refractivity contribution in [2.75, 3.05) is 27.4 Å². The van der Waals surface area contributed by atoms with E-state index in [9.17, 15) is 9.59 Å². The minimum atomic E-state index is -0.851. The second-order valence-corrected chi connectivity index (χ2v) is 6.55. The number of methoxy groups -OCH3 is 2. The third kappa shape index (κ3) is 7.19. The summed E-state index contributed by atoms with van der Waals surface area (Å²) in [4.78, 5) is 23.9. The first kappa shape index (κ1) is 22.4. The summed E-state index contributed by atoms with van der Waals surface area (Å²) < 4.78 is 20.9. The highest BCUT2D eigenvalue weighted by Crippen LogP contribution is 2.27. The summed E-state index contributed by atoms with van der Waals surface area (Å²) in [6.45, 7) is 1.56. The van der Waals surface area contributed by atoms with E-state index in [0.29, 0.717) is 35.2 Å². The molecule has 0 fully saturated rings. The van der Waals surface area contributed by atoms with Crippen LogP contribution in [0, 0.1) is 0 Å². The first-order chi connectivity index (χ1) is 13.9. The van der Waals surface area contributed by atoms with Crippen molar-refractivity contribution in [3.63, 3.8) is 0 Å². The van der Waals surface area contributed by atoms with E-state index in [4.69, 9.17) is 30.5 Å². The quantitative estimate of drug-likeness (QED) is 0.594. The molecule has 8 heteroatoms. The number of esters is 1. The topological polar surface area (TPSA) is 83.1 Å². The molecule has 1 amide bonds. The fraction of sp³-hybridized carbons (Fsp3) is 0.333. The molecule has 2 aromatic carbocycles. The lowest BCUT2D eigenvalue weighted by Crippen LogP contribution is -2.33. The summed E-state index contributed by atoms with van der Waals surface area (Å²) in [5.41, 5.74) is 0.977. The Morgan fingerprint density at radius 1 is 1.03 bits per heavy atom. The number of carbonyl (C=O) groups is 2. The molecule has 0 unspecified atom stereocenters. The van der Waals surface area contributed by atoms with E-state index in [1.165, 1.54) is 0 Å². The van der Waals surface area contributed by atoms with E-state index in [-0.39, 0.29) is 6.61 Å². The summed E-state index contributed by atoms with van der Waals surface area (Å²) in [5.74, 6) is 0.729. The lowest BCUT2D eigenvalue weighted by atomic mass is 10.1. The molecular weight excluding hydrogens is 398 g/mol. The second-order valence-electron chi connectivity index (χ2n) is 6.11. The molecular formula is C21H24ClNO6. The Morgan fingerprint density at radius 3 is 2.38 bits per heavy atom. The molecule has 1 atom stereocenters. The number of amides is 1. The number of nitrogens with one attached hydrogen (secondary N) is 1. The van der Waals surface area contributed by atoms with Crippen LogP contribution in [0.5, 0.6) is 17.2 Å². The zero-order chi connectivity index (χ0) is 21.2. The van der Waals surface area contributed by atoms with Crippen LogP contribution in [0.1, 0.15) is 12.5 Å². The van der Waals surface area contributed by atoms with Crippen LogP contribution in [0.15, 0.2) is 42.5 Å². The van der Waals surface area contributed by atoms with Crippen molar-refractivity contribution in [1.29, 1.82) is 0 Å². The summed E-state index contributed by atoms with van der Waals surface area (Å²) in [6.07, 6.45) is -0.258. The number of rotatable bonds is 10. The molecule has 7 nitrogen and oxygen atoms in total. The number of benzene rings is 2. The van der Waals surface area contributed by atoms with Crippen LogP contribution in [-0.4, -0.2) is 45.4 Å². The fourth-order valence-electron chi connectivity index (χ4n) is 2.45. The van der Waals surface area contributed by atoms with Gasteiger partial charge in [0.2, 0.25) is 0 Å². The number of hydrogen-bond donors (Lipinski definition) is 1. The Kier molecular flexibility index (Phi) is 8.61. The lowest BCUT2D eigenvalue weighted by Gasteiger charge is -2.14. The standard InChI is InChI=1S/C21H24ClNO6/c1-14(29-17-7-5-16(22)6-8-17)21(25)28-13-20(24)23-11-10-15-4-9-18(26-2)19(12-15)27-3/h4-9,12,14H,10-11,13H2,1-3H3,(H,23,24)/t14-/m1/s1. The number of carbonyl (C=O) groups excluding carboxylic acids is 2. The van der Waals surface area contributed by atoms with Gasteiger partial charge < -0.3 is 24.3 Å². The van der Waals surface area contributed by atoms with Gasteiger partial charge >= 0.3 is 5.97 Å². The highest BCUT2D eigenvalue weighted by molar-refractivity contribution is 6.30. The van der Waals surface area contributed by atoms with Crippen molar-refractivity contribution in [3.8, 4) is 17.2 Å². The Bertz CT molecular complexity index is 824. The molecule has 0 bridgehead atoms. The van der Waals surface area contributed by atoms with Gasteiger partial charge in [0.25, 0.3) is 5.91 Å². The predicted molar refractivity (Wildman–Crippen MR) is 109 cm³/mol. The maximum absolute atomic E-state index is 12.0. The largest absolute Gasteiger partial charge is 0.493 e. The van der Waals surface area contributed by atoms with E-state index in [1.807, 2.05) is 12.1 Å². The van der Waals surface area contributed by atoms with E-state index < -0.39 is 18.0 Å². The number of ether oxygens (including phenoxy) is 4. The molecule has 0 spiro atoms. The van der Waals surface area contributed by atoms with Crippen molar-refractivity contribution in [2.24, 2.45) is 0 Å². The van der Waals surface area contributed by atoms with Gasteiger partial charge in [0, 0.05) is 11.6 Å². The number of hydrogen-bond acceptors (Lipinski definition) is 6. The fourth-order valence-corrected chi connectivity index (χ4v) is 2.58. The van der Waals surface area contributed by atoms with Gasteiger partial charge in [-0.15, -0.1) is 0 Å². The Hall–Kier alpha value is -2.93. The summed E-state index contributed by atoms with van der Waals surface area (Å²) in [6, 6.07) is 12.1. The van der Waals surface area contributed by atoms with Gasteiger partial charge in [0.1, 0.15) is 5.75 Å². The molecule has 0 aromatic heterocycles. The molecule has 0 aliphatic carbocycles. The van der Waals surface area contributed by atoms with Crippen LogP contribution in [0.2, 0.25) is 5.02 Å². The van der Waals surface area contributed by atoms with Crippen LogP contribution < -0.4 is 19.5 Å². The molecule has 2 rings (SSSR count). The third-order valence-electron chi connectivity index (χ3n) is 3.99. The van der Waals surface area contributed by atoms with Crippen LogP contribution in [0.25, 0.3) is 0 Å². The highest BCUT2D eigenvalue weighted by atomic mass is 35.5. The van der Waals surface area contributed by atoms with E-state index >= 15 is 0 Å². The van der Waals surface area contributed by atoms with Crippen LogP contribution >= 0.6 is 11.6 Å². The van der Waals surface area contributed by atoms with Crippen molar-refractivity contribution in [1.82, 2.24) is 5.32 Å². The average molecular weight is 422 g/mol. The van der Waals surface area contributed by atoms with E-state index in [0.717, 1.165) is 5.56 Å².